The topological polar surface area (TPSA) is 107 Å². The number of hydrogen-bond acceptors (Lipinski definition) is 4. The summed E-state index contributed by atoms with van der Waals surface area (Å²) >= 11 is 0. The fourth-order valence-electron chi connectivity index (χ4n) is 1.40. The van der Waals surface area contributed by atoms with Gasteiger partial charge in [0.25, 0.3) is 0 Å². The van der Waals surface area contributed by atoms with Gasteiger partial charge in [0.2, 0.25) is 10.0 Å². The van der Waals surface area contributed by atoms with Gasteiger partial charge in [-0.2, -0.15) is 5.26 Å². The molecule has 0 aliphatic carbocycles. The molecule has 0 saturated carbocycles. The molecule has 0 radical (unpaired) electrons. The van der Waals surface area contributed by atoms with E-state index in [9.17, 15) is 22.0 Å². The van der Waals surface area contributed by atoms with Gasteiger partial charge < -0.3 is 5.11 Å². The Morgan fingerprint density at radius 3 is 2.50 bits per heavy atom. The molecule has 0 bridgehead atoms. The minimum Gasteiger partial charge on any atom is -0.478 e. The Morgan fingerprint density at radius 1 is 1.45 bits per heavy atom. The Labute approximate surface area is 113 Å². The van der Waals surface area contributed by atoms with Crippen LogP contribution in [0.5, 0.6) is 0 Å². The molecule has 1 atom stereocenters. The van der Waals surface area contributed by atoms with Crippen molar-refractivity contribution in [1.82, 2.24) is 0 Å². The van der Waals surface area contributed by atoms with Crippen LogP contribution in [0.4, 0.5) is 14.5 Å². The highest BCUT2D eigenvalue weighted by atomic mass is 32.2. The van der Waals surface area contributed by atoms with Crippen molar-refractivity contribution in [3.05, 3.63) is 29.3 Å². The molecule has 1 aromatic carbocycles. The van der Waals surface area contributed by atoms with E-state index in [1.807, 2.05) is 0 Å². The fraction of sp³-hybridized carbons (Fsp3) is 0.273. The minimum absolute atomic E-state index is 0.0412. The Hall–Kier alpha value is -2.21. The van der Waals surface area contributed by atoms with Gasteiger partial charge in [-0.15, -0.1) is 0 Å². The van der Waals surface area contributed by atoms with E-state index in [1.54, 1.807) is 4.72 Å². The van der Waals surface area contributed by atoms with Crippen LogP contribution in [0.25, 0.3) is 0 Å². The van der Waals surface area contributed by atoms with Crippen molar-refractivity contribution in [2.24, 2.45) is 0 Å². The smallest absolute Gasteiger partial charge is 0.338 e. The number of rotatable bonds is 5. The summed E-state index contributed by atoms with van der Waals surface area (Å²) in [4.78, 5) is 10.7. The molecule has 0 aliphatic rings. The van der Waals surface area contributed by atoms with Crippen LogP contribution in [-0.2, 0) is 10.0 Å². The van der Waals surface area contributed by atoms with Gasteiger partial charge in [0.15, 0.2) is 5.25 Å². The summed E-state index contributed by atoms with van der Waals surface area (Å²) in [5, 5.41) is 15.9. The van der Waals surface area contributed by atoms with Crippen LogP contribution >= 0.6 is 0 Å². The van der Waals surface area contributed by atoms with Crippen LogP contribution in [-0.4, -0.2) is 24.7 Å². The second-order valence-electron chi connectivity index (χ2n) is 3.79. The predicted molar refractivity (Wildman–Crippen MR) is 65.6 cm³/mol. The zero-order valence-corrected chi connectivity index (χ0v) is 11.0. The molecule has 0 fully saturated rings. The summed E-state index contributed by atoms with van der Waals surface area (Å²) in [6.45, 7) is 1.44. The number of anilines is 1. The van der Waals surface area contributed by atoms with Crippen molar-refractivity contribution in [1.29, 1.82) is 5.26 Å². The van der Waals surface area contributed by atoms with Gasteiger partial charge in [0, 0.05) is 6.07 Å². The lowest BCUT2D eigenvalue weighted by molar-refractivity contribution is 0.0692. The van der Waals surface area contributed by atoms with Gasteiger partial charge in [0.05, 0.1) is 17.3 Å². The van der Waals surface area contributed by atoms with Crippen molar-refractivity contribution in [3.8, 4) is 6.07 Å². The largest absolute Gasteiger partial charge is 0.478 e. The fourth-order valence-corrected chi connectivity index (χ4v) is 2.58. The van der Waals surface area contributed by atoms with Crippen LogP contribution in [0, 0.1) is 23.0 Å². The van der Waals surface area contributed by atoms with Crippen molar-refractivity contribution < 1.29 is 27.1 Å². The van der Waals surface area contributed by atoms with Crippen LogP contribution in [0.2, 0.25) is 0 Å². The number of nitriles is 1. The van der Waals surface area contributed by atoms with E-state index in [0.29, 0.717) is 6.07 Å². The van der Waals surface area contributed by atoms with E-state index in [2.05, 4.69) is 0 Å². The molecule has 0 amide bonds. The van der Waals surface area contributed by atoms with E-state index in [1.165, 1.54) is 13.0 Å². The molecule has 0 aliphatic heterocycles. The summed E-state index contributed by atoms with van der Waals surface area (Å²) in [7, 11) is -4.22. The number of nitrogens with zero attached hydrogens (tertiary/aromatic N) is 1. The van der Waals surface area contributed by atoms with Gasteiger partial charge in [-0.05, 0) is 12.5 Å². The average molecular weight is 304 g/mol. The molecule has 0 spiro atoms. The Morgan fingerprint density at radius 2 is 2.05 bits per heavy atom. The van der Waals surface area contributed by atoms with Crippen molar-refractivity contribution in [3.63, 3.8) is 0 Å². The third-order valence-electron chi connectivity index (χ3n) is 2.43. The van der Waals surface area contributed by atoms with E-state index in [4.69, 9.17) is 10.4 Å². The van der Waals surface area contributed by atoms with Crippen LogP contribution in [0.15, 0.2) is 12.1 Å². The lowest BCUT2D eigenvalue weighted by Crippen LogP contribution is -2.26. The highest BCUT2D eigenvalue weighted by molar-refractivity contribution is 7.93. The number of sulfonamides is 1. The number of nitrogens with one attached hydrogen (secondary N) is 1. The van der Waals surface area contributed by atoms with Crippen molar-refractivity contribution in [2.75, 3.05) is 4.72 Å². The maximum atomic E-state index is 13.5. The lowest BCUT2D eigenvalue weighted by atomic mass is 10.2. The number of carboxylic acids is 1. The number of carbonyl (C=O) groups is 1. The summed E-state index contributed by atoms with van der Waals surface area (Å²) in [5.41, 5.74) is -1.60. The second-order valence-corrected chi connectivity index (χ2v) is 5.65. The van der Waals surface area contributed by atoms with Gasteiger partial charge in [-0.1, -0.05) is 6.92 Å². The molecule has 1 rings (SSSR count). The SMILES string of the molecule is CCC(C#N)S(=O)(=O)Nc1cc(C(=O)O)c(F)cc1F. The van der Waals surface area contributed by atoms with Gasteiger partial charge in [-0.3, -0.25) is 4.72 Å². The van der Waals surface area contributed by atoms with Gasteiger partial charge in [-0.25, -0.2) is 22.0 Å². The molecule has 0 saturated heterocycles. The monoisotopic (exact) mass is 304 g/mol. The first-order chi connectivity index (χ1) is 9.22. The lowest BCUT2D eigenvalue weighted by Gasteiger charge is -2.12. The zero-order valence-electron chi connectivity index (χ0n) is 10.2. The molecule has 20 heavy (non-hydrogen) atoms. The first-order valence-corrected chi connectivity index (χ1v) is 6.91. The summed E-state index contributed by atoms with van der Waals surface area (Å²) < 4.78 is 51.8. The van der Waals surface area contributed by atoms with Gasteiger partial charge >= 0.3 is 5.97 Å². The van der Waals surface area contributed by atoms with Crippen molar-refractivity contribution in [2.45, 2.75) is 18.6 Å². The maximum Gasteiger partial charge on any atom is 0.338 e. The number of hydrogen-bond donors (Lipinski definition) is 2. The molecule has 0 heterocycles. The van der Waals surface area contributed by atoms with E-state index < -0.39 is 44.1 Å². The normalized spacial score (nSPS) is 12.5. The van der Waals surface area contributed by atoms with E-state index in [-0.39, 0.29) is 12.5 Å². The highest BCUT2D eigenvalue weighted by Crippen LogP contribution is 2.22. The predicted octanol–water partition coefficient (Wildman–Crippen LogP) is 1.71. The Balaban J connectivity index is 3.26. The molecule has 9 heteroatoms. The first kappa shape index (κ1) is 15.8. The van der Waals surface area contributed by atoms with Crippen LogP contribution in [0.1, 0.15) is 23.7 Å². The average Bonchev–Trinajstić information content (AvgIpc) is 2.33. The molecule has 0 aromatic heterocycles. The van der Waals surface area contributed by atoms with E-state index >= 15 is 0 Å². The minimum atomic E-state index is -4.22. The summed E-state index contributed by atoms with van der Waals surface area (Å²) in [6, 6.07) is 2.30. The number of carboxylic acid groups (broad SMARTS) is 1. The number of halogens is 2. The third kappa shape index (κ3) is 3.21. The van der Waals surface area contributed by atoms with Gasteiger partial charge in [0.1, 0.15) is 11.6 Å². The summed E-state index contributed by atoms with van der Waals surface area (Å²) in [6.07, 6.45) is -0.0412. The third-order valence-corrected chi connectivity index (χ3v) is 4.12. The quantitative estimate of drug-likeness (QED) is 0.861. The number of aromatic carboxylic acids is 1. The Bertz CT molecular complexity index is 682. The van der Waals surface area contributed by atoms with E-state index in [0.717, 1.165) is 0 Å². The zero-order chi connectivity index (χ0) is 15.5. The molecule has 108 valence electrons. The maximum absolute atomic E-state index is 13.5. The summed E-state index contributed by atoms with van der Waals surface area (Å²) in [5.74, 6) is -4.27. The molecular weight excluding hydrogens is 294 g/mol. The van der Waals surface area contributed by atoms with Crippen LogP contribution < -0.4 is 4.72 Å². The second kappa shape index (κ2) is 5.83. The molecule has 2 N–H and O–H groups in total. The molecule has 1 aromatic rings. The van der Waals surface area contributed by atoms with Crippen LogP contribution in [0.3, 0.4) is 0 Å². The molecular formula is C11H10F2N2O4S. The van der Waals surface area contributed by atoms with Crippen molar-refractivity contribution >= 4 is 21.7 Å². The number of benzene rings is 1. The standard InChI is InChI=1S/C11H10F2N2O4S/c1-2-6(5-14)20(18,19)15-10-3-7(11(16)17)8(12)4-9(10)13/h3-4,6,15H,2H2,1H3,(H,16,17). The first-order valence-electron chi connectivity index (χ1n) is 5.36. The highest BCUT2D eigenvalue weighted by Gasteiger charge is 2.25. The molecule has 1 unspecified atom stereocenters. The molecule has 6 nitrogen and oxygen atoms in total. The Kier molecular flexibility index (Phi) is 4.62.